The average Bonchev–Trinajstić information content (AvgIpc) is 2.68. The molecule has 6 nitrogen and oxygen atoms in total. The van der Waals surface area contributed by atoms with Gasteiger partial charge in [0.05, 0.1) is 12.6 Å². The molecule has 2 N–H and O–H groups in total. The summed E-state index contributed by atoms with van der Waals surface area (Å²) in [7, 11) is 0. The lowest BCUT2D eigenvalue weighted by molar-refractivity contribution is -0.122. The highest BCUT2D eigenvalue weighted by molar-refractivity contribution is 5.81. The largest absolute Gasteiger partial charge is 0.355 e. The van der Waals surface area contributed by atoms with Crippen LogP contribution in [-0.2, 0) is 11.3 Å². The Hall–Kier alpha value is -1.43. The monoisotopic (exact) mass is 226 g/mol. The minimum Gasteiger partial charge on any atom is -0.355 e. The number of aryl methyl sites for hydroxylation is 1. The summed E-state index contributed by atoms with van der Waals surface area (Å²) in [4.78, 5) is 15.5. The van der Waals surface area contributed by atoms with Crippen LogP contribution in [0.5, 0.6) is 0 Å². The molecule has 0 fully saturated rings. The lowest BCUT2D eigenvalue weighted by atomic mass is 10.3. The van der Waals surface area contributed by atoms with Gasteiger partial charge in [0.1, 0.15) is 0 Å². The second-order valence-electron chi connectivity index (χ2n) is 3.62. The van der Waals surface area contributed by atoms with Crippen molar-refractivity contribution in [3.63, 3.8) is 0 Å². The third-order valence-corrected chi connectivity index (χ3v) is 2.08. The molecule has 0 saturated carbocycles. The third-order valence-electron chi connectivity index (χ3n) is 2.08. The maximum atomic E-state index is 11.5. The first-order chi connectivity index (χ1) is 7.63. The number of nitrogens with zero attached hydrogens (tertiary/aromatic N) is 2. The van der Waals surface area contributed by atoms with Crippen molar-refractivity contribution in [2.45, 2.75) is 39.8 Å². The summed E-state index contributed by atoms with van der Waals surface area (Å²) < 4.78 is 4.82. The number of nitrogens with one attached hydrogen (secondary N) is 2. The highest BCUT2D eigenvalue weighted by Gasteiger charge is 2.12. The molecule has 0 saturated heterocycles. The Morgan fingerprint density at radius 3 is 2.88 bits per heavy atom. The molecule has 0 spiro atoms. The Labute approximate surface area is 94.8 Å². The highest BCUT2D eigenvalue weighted by Crippen LogP contribution is 1.95. The summed E-state index contributed by atoms with van der Waals surface area (Å²) in [6.07, 6.45) is 0.933. The van der Waals surface area contributed by atoms with Gasteiger partial charge in [-0.05, 0) is 13.3 Å². The molecule has 1 atom stereocenters. The van der Waals surface area contributed by atoms with Gasteiger partial charge in [-0.25, -0.2) is 0 Å². The minimum absolute atomic E-state index is 0.0120. The lowest BCUT2D eigenvalue weighted by Crippen LogP contribution is -2.42. The summed E-state index contributed by atoms with van der Waals surface area (Å²) in [5, 5.41) is 9.56. The molecule has 90 valence electrons. The standard InChI is InChI=1S/C10H18N4O2/c1-4-5-11-10(15)7(2)12-6-9-13-8(3)16-14-9/h7,12H,4-6H2,1-3H3,(H,11,15). The van der Waals surface area contributed by atoms with Crippen LogP contribution in [0.3, 0.4) is 0 Å². The number of hydrogen-bond acceptors (Lipinski definition) is 5. The van der Waals surface area contributed by atoms with E-state index in [9.17, 15) is 4.79 Å². The first-order valence-corrected chi connectivity index (χ1v) is 5.43. The topological polar surface area (TPSA) is 80.0 Å². The van der Waals surface area contributed by atoms with E-state index < -0.39 is 0 Å². The molecular weight excluding hydrogens is 208 g/mol. The SMILES string of the molecule is CCCNC(=O)C(C)NCc1noc(C)n1. The van der Waals surface area contributed by atoms with Gasteiger partial charge in [-0.3, -0.25) is 10.1 Å². The van der Waals surface area contributed by atoms with E-state index in [2.05, 4.69) is 20.8 Å². The first-order valence-electron chi connectivity index (χ1n) is 5.43. The van der Waals surface area contributed by atoms with Crippen LogP contribution in [0, 0.1) is 6.92 Å². The second-order valence-corrected chi connectivity index (χ2v) is 3.62. The van der Waals surface area contributed by atoms with Crippen LogP contribution in [-0.4, -0.2) is 28.6 Å². The Balaban J connectivity index is 2.29. The lowest BCUT2D eigenvalue weighted by Gasteiger charge is -2.11. The Morgan fingerprint density at radius 1 is 1.56 bits per heavy atom. The Bertz CT molecular complexity index is 337. The maximum absolute atomic E-state index is 11.5. The molecule has 0 aliphatic rings. The summed E-state index contributed by atoms with van der Waals surface area (Å²) in [5.41, 5.74) is 0. The smallest absolute Gasteiger partial charge is 0.236 e. The zero-order valence-electron chi connectivity index (χ0n) is 9.91. The van der Waals surface area contributed by atoms with Gasteiger partial charge in [-0.2, -0.15) is 4.98 Å². The van der Waals surface area contributed by atoms with Gasteiger partial charge in [-0.15, -0.1) is 0 Å². The fraction of sp³-hybridized carbons (Fsp3) is 0.700. The van der Waals surface area contributed by atoms with Crippen LogP contribution in [0.4, 0.5) is 0 Å². The van der Waals surface area contributed by atoms with Crippen LogP contribution < -0.4 is 10.6 Å². The summed E-state index contributed by atoms with van der Waals surface area (Å²) in [5.74, 6) is 1.08. The van der Waals surface area contributed by atoms with E-state index in [-0.39, 0.29) is 11.9 Å². The number of carbonyl (C=O) groups is 1. The molecule has 1 amide bonds. The normalized spacial score (nSPS) is 12.4. The maximum Gasteiger partial charge on any atom is 0.236 e. The van der Waals surface area contributed by atoms with Gasteiger partial charge in [-0.1, -0.05) is 12.1 Å². The number of carbonyl (C=O) groups excluding carboxylic acids is 1. The number of aromatic nitrogens is 2. The zero-order chi connectivity index (χ0) is 12.0. The number of amides is 1. The Morgan fingerprint density at radius 2 is 2.31 bits per heavy atom. The fourth-order valence-electron chi connectivity index (χ4n) is 1.15. The van der Waals surface area contributed by atoms with Crippen LogP contribution in [0.1, 0.15) is 32.0 Å². The van der Waals surface area contributed by atoms with E-state index in [0.717, 1.165) is 6.42 Å². The second kappa shape index (κ2) is 6.22. The molecule has 6 heteroatoms. The van der Waals surface area contributed by atoms with Crippen molar-refractivity contribution in [2.24, 2.45) is 0 Å². The third kappa shape index (κ3) is 3.98. The van der Waals surface area contributed by atoms with Crippen molar-refractivity contribution in [1.29, 1.82) is 0 Å². The van der Waals surface area contributed by atoms with Gasteiger partial charge in [0, 0.05) is 13.5 Å². The molecule has 1 aromatic heterocycles. The van der Waals surface area contributed by atoms with Crippen molar-refractivity contribution >= 4 is 5.91 Å². The van der Waals surface area contributed by atoms with E-state index in [1.807, 2.05) is 6.92 Å². The van der Waals surface area contributed by atoms with Crippen LogP contribution in [0.2, 0.25) is 0 Å². The number of rotatable bonds is 6. The van der Waals surface area contributed by atoms with Crippen molar-refractivity contribution in [1.82, 2.24) is 20.8 Å². The zero-order valence-corrected chi connectivity index (χ0v) is 9.91. The summed E-state index contributed by atoms with van der Waals surface area (Å²) >= 11 is 0. The van der Waals surface area contributed by atoms with Crippen molar-refractivity contribution < 1.29 is 9.32 Å². The molecule has 1 aromatic rings. The van der Waals surface area contributed by atoms with E-state index in [1.54, 1.807) is 13.8 Å². The van der Waals surface area contributed by atoms with E-state index in [4.69, 9.17) is 4.52 Å². The average molecular weight is 226 g/mol. The molecule has 0 aliphatic heterocycles. The molecule has 0 bridgehead atoms. The fourth-order valence-corrected chi connectivity index (χ4v) is 1.15. The molecule has 0 aliphatic carbocycles. The van der Waals surface area contributed by atoms with Gasteiger partial charge in [0.2, 0.25) is 11.8 Å². The molecule has 1 heterocycles. The Kier molecular flexibility index (Phi) is 4.91. The van der Waals surface area contributed by atoms with Crippen LogP contribution >= 0.6 is 0 Å². The first kappa shape index (κ1) is 12.6. The minimum atomic E-state index is -0.259. The predicted molar refractivity (Wildman–Crippen MR) is 58.6 cm³/mol. The molecule has 1 rings (SSSR count). The highest BCUT2D eigenvalue weighted by atomic mass is 16.5. The summed E-state index contributed by atoms with van der Waals surface area (Å²) in [6.45, 7) is 6.68. The quantitative estimate of drug-likeness (QED) is 0.733. The van der Waals surface area contributed by atoms with Crippen molar-refractivity contribution in [3.05, 3.63) is 11.7 Å². The van der Waals surface area contributed by atoms with Crippen LogP contribution in [0.25, 0.3) is 0 Å². The van der Waals surface area contributed by atoms with Gasteiger partial charge < -0.3 is 9.84 Å². The van der Waals surface area contributed by atoms with E-state index in [0.29, 0.717) is 24.8 Å². The molecule has 1 unspecified atom stereocenters. The molecule has 0 radical (unpaired) electrons. The van der Waals surface area contributed by atoms with E-state index in [1.165, 1.54) is 0 Å². The van der Waals surface area contributed by atoms with Gasteiger partial charge in [0.25, 0.3) is 0 Å². The molecule has 0 aromatic carbocycles. The van der Waals surface area contributed by atoms with E-state index >= 15 is 0 Å². The van der Waals surface area contributed by atoms with Crippen LogP contribution in [0.15, 0.2) is 4.52 Å². The van der Waals surface area contributed by atoms with Gasteiger partial charge in [0.15, 0.2) is 5.82 Å². The summed E-state index contributed by atoms with van der Waals surface area (Å²) in [6, 6.07) is -0.259. The predicted octanol–water partition coefficient (Wildman–Crippen LogP) is 0.382. The number of hydrogen-bond donors (Lipinski definition) is 2. The molecule has 16 heavy (non-hydrogen) atoms. The van der Waals surface area contributed by atoms with Gasteiger partial charge >= 0.3 is 0 Å². The van der Waals surface area contributed by atoms with Crippen molar-refractivity contribution in [2.75, 3.05) is 6.54 Å². The molecular formula is C10H18N4O2. The van der Waals surface area contributed by atoms with Crippen molar-refractivity contribution in [3.8, 4) is 0 Å².